The molecule has 0 bridgehead atoms. The monoisotopic (exact) mass is 361 g/mol. The fraction of sp³-hybridized carbons (Fsp3) is 0.471. The topological polar surface area (TPSA) is 47.8 Å². The zero-order chi connectivity index (χ0) is 15.9. The van der Waals surface area contributed by atoms with E-state index in [0.29, 0.717) is 10.2 Å². The molecular formula is C17H20BrN3O. The number of halogens is 1. The van der Waals surface area contributed by atoms with Crippen LogP contribution in [-0.4, -0.2) is 14.5 Å². The zero-order valence-corrected chi connectivity index (χ0v) is 14.8. The summed E-state index contributed by atoms with van der Waals surface area (Å²) in [6, 6.07) is 4.01. The average molecular weight is 362 g/mol. The van der Waals surface area contributed by atoms with Crippen molar-refractivity contribution in [1.29, 1.82) is 0 Å². The van der Waals surface area contributed by atoms with Crippen molar-refractivity contribution in [2.45, 2.75) is 52.0 Å². The van der Waals surface area contributed by atoms with E-state index >= 15 is 0 Å². The Morgan fingerprint density at radius 1 is 1.23 bits per heavy atom. The van der Waals surface area contributed by atoms with Crippen molar-refractivity contribution in [3.05, 3.63) is 44.7 Å². The largest absolute Gasteiger partial charge is 0.296 e. The minimum absolute atomic E-state index is 0.0125. The smallest absolute Gasteiger partial charge is 0.268 e. The lowest BCUT2D eigenvalue weighted by Crippen LogP contribution is -2.29. The van der Waals surface area contributed by atoms with Gasteiger partial charge in [-0.3, -0.25) is 14.3 Å². The number of rotatable bonds is 1. The van der Waals surface area contributed by atoms with Crippen molar-refractivity contribution >= 4 is 15.9 Å². The molecule has 4 nitrogen and oxygen atoms in total. The molecule has 0 aromatic carbocycles. The van der Waals surface area contributed by atoms with Crippen molar-refractivity contribution in [3.8, 4) is 11.3 Å². The van der Waals surface area contributed by atoms with Crippen LogP contribution in [0.5, 0.6) is 0 Å². The molecule has 3 rings (SSSR count). The summed E-state index contributed by atoms with van der Waals surface area (Å²) in [7, 11) is 0. The molecule has 0 atom stereocenters. The standard InChI is InChI=1S/C17H20BrN3O/c1-17(2,3)12-8-7-11(10-19-12)15-14(18)16(22)21-9-5-4-6-13(21)20-15/h7-8,10H,4-6,9H2,1-3H3. The first-order valence-corrected chi connectivity index (χ1v) is 8.43. The van der Waals surface area contributed by atoms with Crippen LogP contribution in [-0.2, 0) is 18.4 Å². The number of hydrogen-bond acceptors (Lipinski definition) is 3. The van der Waals surface area contributed by atoms with Crippen LogP contribution in [0.1, 0.15) is 45.1 Å². The van der Waals surface area contributed by atoms with E-state index in [2.05, 4.69) is 41.7 Å². The van der Waals surface area contributed by atoms with Gasteiger partial charge in [0.1, 0.15) is 10.3 Å². The van der Waals surface area contributed by atoms with Gasteiger partial charge in [0.15, 0.2) is 0 Å². The number of aryl methyl sites for hydroxylation is 1. The molecule has 0 radical (unpaired) electrons. The van der Waals surface area contributed by atoms with E-state index in [1.807, 2.05) is 18.3 Å². The maximum absolute atomic E-state index is 12.5. The fourth-order valence-corrected chi connectivity index (χ4v) is 3.25. The molecule has 2 aromatic rings. The molecule has 0 aliphatic carbocycles. The van der Waals surface area contributed by atoms with Gasteiger partial charge < -0.3 is 0 Å². The van der Waals surface area contributed by atoms with Gasteiger partial charge in [0.25, 0.3) is 5.56 Å². The number of hydrogen-bond donors (Lipinski definition) is 0. The van der Waals surface area contributed by atoms with Crippen molar-refractivity contribution < 1.29 is 0 Å². The summed E-state index contributed by atoms with van der Waals surface area (Å²) in [4.78, 5) is 21.7. The van der Waals surface area contributed by atoms with Gasteiger partial charge >= 0.3 is 0 Å². The first-order chi connectivity index (χ1) is 10.4. The van der Waals surface area contributed by atoms with Gasteiger partial charge in [-0.25, -0.2) is 4.98 Å². The molecule has 3 heterocycles. The first-order valence-electron chi connectivity index (χ1n) is 7.64. The molecule has 1 aliphatic rings. The van der Waals surface area contributed by atoms with Gasteiger partial charge in [0.05, 0.1) is 5.69 Å². The van der Waals surface area contributed by atoms with Crippen LogP contribution in [0.25, 0.3) is 11.3 Å². The predicted octanol–water partition coefficient (Wildman–Crippen LogP) is 3.70. The van der Waals surface area contributed by atoms with Gasteiger partial charge in [-0.05, 0) is 40.9 Å². The highest BCUT2D eigenvalue weighted by Gasteiger charge is 2.20. The van der Waals surface area contributed by atoms with Crippen LogP contribution in [0, 0.1) is 0 Å². The minimum Gasteiger partial charge on any atom is -0.296 e. The highest BCUT2D eigenvalue weighted by Crippen LogP contribution is 2.27. The molecule has 0 fully saturated rings. The van der Waals surface area contributed by atoms with Crippen molar-refractivity contribution in [2.75, 3.05) is 0 Å². The number of fused-ring (bicyclic) bond motifs is 1. The normalized spacial score (nSPS) is 14.7. The van der Waals surface area contributed by atoms with E-state index in [0.717, 1.165) is 42.9 Å². The van der Waals surface area contributed by atoms with Crippen molar-refractivity contribution in [1.82, 2.24) is 14.5 Å². The van der Waals surface area contributed by atoms with Gasteiger partial charge in [0.2, 0.25) is 0 Å². The number of aromatic nitrogens is 3. The Labute approximate surface area is 138 Å². The van der Waals surface area contributed by atoms with Gasteiger partial charge in [-0.15, -0.1) is 0 Å². The highest BCUT2D eigenvalue weighted by atomic mass is 79.9. The molecule has 5 heteroatoms. The average Bonchev–Trinajstić information content (AvgIpc) is 2.50. The van der Waals surface area contributed by atoms with E-state index in [1.54, 1.807) is 4.57 Å². The lowest BCUT2D eigenvalue weighted by Gasteiger charge is -2.20. The second kappa shape index (κ2) is 5.61. The van der Waals surface area contributed by atoms with Gasteiger partial charge in [-0.1, -0.05) is 20.8 Å². The Morgan fingerprint density at radius 2 is 2.00 bits per heavy atom. The Bertz CT molecular complexity index is 757. The predicted molar refractivity (Wildman–Crippen MR) is 91.1 cm³/mol. The Kier molecular flexibility index (Phi) is 3.93. The van der Waals surface area contributed by atoms with Crippen molar-refractivity contribution in [2.24, 2.45) is 0 Å². The molecule has 1 aliphatic heterocycles. The highest BCUT2D eigenvalue weighted by molar-refractivity contribution is 9.10. The number of nitrogens with zero attached hydrogens (tertiary/aromatic N) is 3. The molecule has 116 valence electrons. The Morgan fingerprint density at radius 3 is 2.64 bits per heavy atom. The second-order valence-corrected chi connectivity index (χ2v) is 7.58. The fourth-order valence-electron chi connectivity index (χ4n) is 2.72. The molecule has 2 aromatic heterocycles. The third kappa shape index (κ3) is 2.74. The summed E-state index contributed by atoms with van der Waals surface area (Å²) in [5.74, 6) is 0.884. The van der Waals surface area contributed by atoms with Gasteiger partial charge in [0, 0.05) is 35.8 Å². The van der Waals surface area contributed by atoms with Crippen LogP contribution >= 0.6 is 15.9 Å². The summed E-state index contributed by atoms with van der Waals surface area (Å²) < 4.78 is 2.32. The molecular weight excluding hydrogens is 342 g/mol. The Hall–Kier alpha value is -1.49. The minimum atomic E-state index is 0.0125. The van der Waals surface area contributed by atoms with E-state index in [1.165, 1.54) is 0 Å². The lowest BCUT2D eigenvalue weighted by atomic mass is 9.91. The summed E-state index contributed by atoms with van der Waals surface area (Å²) in [6.07, 6.45) is 4.81. The zero-order valence-electron chi connectivity index (χ0n) is 13.2. The molecule has 0 unspecified atom stereocenters. The maximum Gasteiger partial charge on any atom is 0.268 e. The summed E-state index contributed by atoms with van der Waals surface area (Å²) >= 11 is 3.43. The van der Waals surface area contributed by atoms with Crippen molar-refractivity contribution in [3.63, 3.8) is 0 Å². The van der Waals surface area contributed by atoms with Crippen LogP contribution < -0.4 is 5.56 Å². The first kappa shape index (κ1) is 15.4. The maximum atomic E-state index is 12.5. The second-order valence-electron chi connectivity index (χ2n) is 6.79. The van der Waals surface area contributed by atoms with E-state index < -0.39 is 0 Å². The molecule has 0 saturated heterocycles. The summed E-state index contributed by atoms with van der Waals surface area (Å²) in [5.41, 5.74) is 2.64. The molecule has 22 heavy (non-hydrogen) atoms. The van der Waals surface area contributed by atoms with Crippen LogP contribution in [0.15, 0.2) is 27.6 Å². The lowest BCUT2D eigenvalue weighted by molar-refractivity contribution is 0.495. The molecule has 0 spiro atoms. The Balaban J connectivity index is 2.09. The van der Waals surface area contributed by atoms with Gasteiger partial charge in [-0.2, -0.15) is 0 Å². The van der Waals surface area contributed by atoms with E-state index in [9.17, 15) is 4.79 Å². The molecule has 0 amide bonds. The third-order valence-electron chi connectivity index (χ3n) is 4.03. The van der Waals surface area contributed by atoms with Crippen LogP contribution in [0.3, 0.4) is 0 Å². The summed E-state index contributed by atoms with van der Waals surface area (Å²) in [6.45, 7) is 7.17. The van der Waals surface area contributed by atoms with E-state index in [-0.39, 0.29) is 11.0 Å². The molecule has 0 N–H and O–H groups in total. The molecule has 0 saturated carbocycles. The number of pyridine rings is 1. The summed E-state index contributed by atoms with van der Waals surface area (Å²) in [5, 5.41) is 0. The third-order valence-corrected chi connectivity index (χ3v) is 4.75. The van der Waals surface area contributed by atoms with Crippen LogP contribution in [0.2, 0.25) is 0 Å². The quantitative estimate of drug-likeness (QED) is 0.777. The SMILES string of the molecule is CC(C)(C)c1ccc(-c2nc3n(c(=O)c2Br)CCCC3)cn1. The van der Waals surface area contributed by atoms with Crippen LogP contribution in [0.4, 0.5) is 0 Å². The van der Waals surface area contributed by atoms with E-state index in [4.69, 9.17) is 4.98 Å².